The highest BCUT2D eigenvalue weighted by Gasteiger charge is 2.60. The molecule has 2 aromatic carbocycles. The largest absolute Gasteiger partial charge is 0.496 e. The van der Waals surface area contributed by atoms with E-state index in [0.717, 1.165) is 49.1 Å². The summed E-state index contributed by atoms with van der Waals surface area (Å²) in [5, 5.41) is 9.14. The number of piperidine rings is 1. The van der Waals surface area contributed by atoms with Gasteiger partial charge in [-0.3, -0.25) is 4.79 Å². The quantitative estimate of drug-likeness (QED) is 0.242. The highest BCUT2D eigenvalue weighted by atomic mass is 32.2. The number of ketones is 1. The van der Waals surface area contributed by atoms with Crippen LogP contribution in [0.1, 0.15) is 35.7 Å². The molecule has 0 bridgehead atoms. The summed E-state index contributed by atoms with van der Waals surface area (Å²) in [6, 6.07) is 9.82. The fraction of sp³-hybridized carbons (Fsp3) is 0.423. The topological polar surface area (TPSA) is 60.2 Å². The van der Waals surface area contributed by atoms with Crippen LogP contribution in [0.15, 0.2) is 41.6 Å². The van der Waals surface area contributed by atoms with E-state index in [0.29, 0.717) is 28.6 Å². The Balaban J connectivity index is 1.15. The average molecular weight is 499 g/mol. The molecule has 1 aliphatic heterocycles. The maximum absolute atomic E-state index is 13.6. The van der Waals surface area contributed by atoms with Gasteiger partial charge < -0.3 is 14.2 Å². The molecule has 2 heterocycles. The molecule has 5 rings (SSSR count). The third-order valence-corrected chi connectivity index (χ3v) is 8.34. The third kappa shape index (κ3) is 4.47. The molecule has 1 saturated heterocycles. The number of methoxy groups -OCH3 is 1. The van der Waals surface area contributed by atoms with Crippen molar-refractivity contribution in [3.05, 3.63) is 59.2 Å². The Hall–Kier alpha value is -2.78. The van der Waals surface area contributed by atoms with Gasteiger partial charge in [0.2, 0.25) is 0 Å². The first-order valence-electron chi connectivity index (χ1n) is 11.7. The van der Waals surface area contributed by atoms with E-state index < -0.39 is 11.6 Å². The molecule has 1 saturated carbocycles. The Kier molecular flexibility index (Phi) is 6.40. The molecule has 1 aliphatic carbocycles. The molecule has 2 fully saturated rings. The van der Waals surface area contributed by atoms with Crippen LogP contribution < -0.4 is 4.74 Å². The van der Waals surface area contributed by atoms with Gasteiger partial charge in [0.1, 0.15) is 5.75 Å². The summed E-state index contributed by atoms with van der Waals surface area (Å²) >= 11 is 1.61. The van der Waals surface area contributed by atoms with Gasteiger partial charge in [-0.2, -0.15) is 0 Å². The second kappa shape index (κ2) is 9.35. The smallest absolute Gasteiger partial charge is 0.191 e. The number of likely N-dealkylation sites (tertiary alicyclic amines) is 1. The van der Waals surface area contributed by atoms with Gasteiger partial charge in [0.15, 0.2) is 28.4 Å². The number of hydrogen-bond acceptors (Lipinski definition) is 6. The molecule has 0 amide bonds. The maximum Gasteiger partial charge on any atom is 0.191 e. The van der Waals surface area contributed by atoms with Crippen LogP contribution in [0.25, 0.3) is 11.4 Å². The van der Waals surface area contributed by atoms with E-state index in [4.69, 9.17) is 4.74 Å². The molecular weight excluding hydrogens is 470 g/mol. The number of rotatable bonds is 9. The van der Waals surface area contributed by atoms with Crippen molar-refractivity contribution in [2.75, 3.05) is 32.5 Å². The van der Waals surface area contributed by atoms with Crippen molar-refractivity contribution in [3.63, 3.8) is 0 Å². The minimum atomic E-state index is -0.895. The number of halogens is 2. The average Bonchev–Trinajstić information content (AvgIpc) is 3.22. The van der Waals surface area contributed by atoms with Gasteiger partial charge in [-0.25, -0.2) is 8.78 Å². The van der Waals surface area contributed by atoms with Crippen molar-refractivity contribution < 1.29 is 18.3 Å². The van der Waals surface area contributed by atoms with Crippen molar-refractivity contribution in [2.24, 2.45) is 13.0 Å². The maximum atomic E-state index is 13.6. The summed E-state index contributed by atoms with van der Waals surface area (Å²) in [6.45, 7) is 4.67. The lowest BCUT2D eigenvalue weighted by atomic mass is 9.92. The molecule has 0 spiro atoms. The van der Waals surface area contributed by atoms with Gasteiger partial charge in [0.05, 0.1) is 12.7 Å². The van der Waals surface area contributed by atoms with E-state index >= 15 is 0 Å². The first-order valence-corrected chi connectivity index (χ1v) is 12.7. The summed E-state index contributed by atoms with van der Waals surface area (Å²) in [5.74, 6) is 0.929. The van der Waals surface area contributed by atoms with Crippen LogP contribution in [0.3, 0.4) is 0 Å². The van der Waals surface area contributed by atoms with Gasteiger partial charge in [-0.1, -0.05) is 17.8 Å². The molecular formula is C26H28F2N4O2S. The van der Waals surface area contributed by atoms with Gasteiger partial charge >= 0.3 is 0 Å². The number of Topliss-reactive ketones (excluding diaryl/α,β-unsaturated/α-hetero) is 1. The van der Waals surface area contributed by atoms with Crippen LogP contribution in [0, 0.1) is 17.6 Å². The predicted octanol–water partition coefficient (Wildman–Crippen LogP) is 4.73. The summed E-state index contributed by atoms with van der Waals surface area (Å²) in [5.41, 5.74) is 2.56. The zero-order valence-electron chi connectivity index (χ0n) is 20.1. The lowest BCUT2D eigenvalue weighted by Crippen LogP contribution is -2.28. The van der Waals surface area contributed by atoms with Gasteiger partial charge in [0.25, 0.3) is 0 Å². The van der Waals surface area contributed by atoms with E-state index in [-0.39, 0.29) is 11.2 Å². The number of carbonyl (C=O) groups excluding carboxylic acids is 1. The fourth-order valence-electron chi connectivity index (χ4n) is 5.28. The van der Waals surface area contributed by atoms with Crippen LogP contribution >= 0.6 is 11.8 Å². The van der Waals surface area contributed by atoms with Crippen molar-refractivity contribution in [2.45, 2.75) is 30.3 Å². The fourth-order valence-corrected chi connectivity index (χ4v) is 6.11. The molecule has 2 atom stereocenters. The molecule has 1 aromatic heterocycles. The number of ether oxygens (including phenoxy) is 1. The summed E-state index contributed by atoms with van der Waals surface area (Å²) in [4.78, 5) is 14.6. The third-order valence-electron chi connectivity index (χ3n) is 7.23. The van der Waals surface area contributed by atoms with Crippen LogP contribution in [-0.4, -0.2) is 57.9 Å². The minimum Gasteiger partial charge on any atom is -0.496 e. The lowest BCUT2D eigenvalue weighted by molar-refractivity contribution is 0.101. The van der Waals surface area contributed by atoms with Crippen LogP contribution in [0.4, 0.5) is 8.78 Å². The zero-order chi connectivity index (χ0) is 24.7. The molecule has 184 valence electrons. The Morgan fingerprint density at radius 2 is 2.03 bits per heavy atom. The van der Waals surface area contributed by atoms with Crippen LogP contribution in [0.2, 0.25) is 0 Å². The van der Waals surface area contributed by atoms with Gasteiger partial charge in [0, 0.05) is 36.9 Å². The number of hydrogen-bond donors (Lipinski definition) is 0. The molecule has 35 heavy (non-hydrogen) atoms. The number of aromatic nitrogens is 3. The van der Waals surface area contributed by atoms with Crippen molar-refractivity contribution in [1.82, 2.24) is 19.7 Å². The van der Waals surface area contributed by atoms with E-state index in [1.54, 1.807) is 25.8 Å². The van der Waals surface area contributed by atoms with E-state index in [9.17, 15) is 13.6 Å². The van der Waals surface area contributed by atoms with Crippen molar-refractivity contribution >= 4 is 17.5 Å². The van der Waals surface area contributed by atoms with E-state index in [1.807, 2.05) is 23.7 Å². The molecule has 6 nitrogen and oxygen atoms in total. The van der Waals surface area contributed by atoms with E-state index in [2.05, 4.69) is 21.2 Å². The number of fused-ring (bicyclic) bond motifs is 1. The highest BCUT2D eigenvalue weighted by Crippen LogP contribution is 2.59. The first kappa shape index (κ1) is 23.9. The van der Waals surface area contributed by atoms with Crippen LogP contribution in [-0.2, 0) is 12.5 Å². The van der Waals surface area contributed by atoms with E-state index in [1.165, 1.54) is 18.1 Å². The van der Waals surface area contributed by atoms with Gasteiger partial charge in [-0.15, -0.1) is 10.2 Å². The summed E-state index contributed by atoms with van der Waals surface area (Å²) < 4.78 is 34.0. The van der Waals surface area contributed by atoms with Gasteiger partial charge in [-0.05, 0) is 68.1 Å². The second-order valence-corrected chi connectivity index (χ2v) is 10.5. The molecule has 0 unspecified atom stereocenters. The molecule has 0 N–H and O–H groups in total. The summed E-state index contributed by atoms with van der Waals surface area (Å²) in [6.07, 6.45) is 2.18. The number of carbonyl (C=O) groups is 1. The Morgan fingerprint density at radius 1 is 1.20 bits per heavy atom. The first-order chi connectivity index (χ1) is 16.8. The monoisotopic (exact) mass is 498 g/mol. The Labute approximate surface area is 207 Å². The molecule has 2 aliphatic rings. The van der Waals surface area contributed by atoms with Crippen LogP contribution in [0.5, 0.6) is 5.75 Å². The molecule has 9 heteroatoms. The predicted molar refractivity (Wildman–Crippen MR) is 131 cm³/mol. The van der Waals surface area contributed by atoms with Crippen molar-refractivity contribution in [3.8, 4) is 17.1 Å². The number of nitrogens with zero attached hydrogens (tertiary/aromatic N) is 4. The van der Waals surface area contributed by atoms with Crippen molar-refractivity contribution in [1.29, 1.82) is 0 Å². The lowest BCUT2D eigenvalue weighted by Gasteiger charge is -2.21. The SMILES string of the molecule is COc1ccc([C@@]23C[C@@H]2CN(CCCSc2nnc(-c4ccc(F)c(F)c4)n2C)C3)cc1C(C)=O. The zero-order valence-corrected chi connectivity index (χ0v) is 20.9. The number of benzene rings is 2. The summed E-state index contributed by atoms with van der Waals surface area (Å²) in [7, 11) is 3.43. The molecule has 0 radical (unpaired) electrons. The normalized spacial score (nSPS) is 21.2. The number of thioether (sulfide) groups is 1. The Bertz CT molecular complexity index is 1280. The Morgan fingerprint density at radius 3 is 2.77 bits per heavy atom. The molecule has 3 aromatic rings. The second-order valence-electron chi connectivity index (χ2n) is 9.46. The standard InChI is InChI=1S/C26H28F2N4O2S/c1-16(33)20-12-18(6-8-23(20)34-3)26-13-19(26)14-32(15-26)9-4-10-35-25-30-29-24(31(25)2)17-5-7-21(27)22(28)11-17/h5-8,11-12,19H,4,9-10,13-15H2,1-3H3/t19-,26+/m1/s1. The highest BCUT2D eigenvalue weighted by molar-refractivity contribution is 7.99. The minimum absolute atomic E-state index is 0.0284.